The lowest BCUT2D eigenvalue weighted by Gasteiger charge is -2.34. The van der Waals surface area contributed by atoms with E-state index in [1.54, 1.807) is 15.9 Å². The Bertz CT molecular complexity index is 759. The highest BCUT2D eigenvalue weighted by atomic mass is 32.1. The molecule has 22 heavy (non-hydrogen) atoms. The van der Waals surface area contributed by atoms with Crippen LogP contribution in [0.5, 0.6) is 0 Å². The van der Waals surface area contributed by atoms with Crippen LogP contribution in [0.15, 0.2) is 23.0 Å². The molecule has 4 heterocycles. The summed E-state index contributed by atoms with van der Waals surface area (Å²) in [6.45, 7) is 6.86. The molecule has 3 aromatic heterocycles. The van der Waals surface area contributed by atoms with Crippen molar-refractivity contribution in [1.82, 2.24) is 29.7 Å². The van der Waals surface area contributed by atoms with Gasteiger partial charge in [0.05, 0.1) is 11.2 Å². The lowest BCUT2D eigenvalue weighted by atomic mass is 10.3. The lowest BCUT2D eigenvalue weighted by molar-refractivity contribution is 0.247. The quantitative estimate of drug-likeness (QED) is 0.724. The van der Waals surface area contributed by atoms with Gasteiger partial charge in [0.15, 0.2) is 11.5 Å². The molecule has 4 rings (SSSR count). The molecular formula is C14H17N7S. The predicted molar refractivity (Wildman–Crippen MR) is 85.1 cm³/mol. The first-order chi connectivity index (χ1) is 10.8. The number of aryl methyl sites for hydroxylation is 1. The monoisotopic (exact) mass is 315 g/mol. The largest absolute Gasteiger partial charge is 0.353 e. The van der Waals surface area contributed by atoms with Gasteiger partial charge in [0.2, 0.25) is 0 Å². The zero-order valence-corrected chi connectivity index (χ0v) is 13.2. The van der Waals surface area contributed by atoms with Gasteiger partial charge < -0.3 is 4.90 Å². The Morgan fingerprint density at radius 1 is 1.14 bits per heavy atom. The topological polar surface area (TPSA) is 62.5 Å². The van der Waals surface area contributed by atoms with Crippen molar-refractivity contribution in [3.63, 3.8) is 0 Å². The molecule has 0 amide bonds. The number of fused-ring (bicyclic) bond motifs is 1. The summed E-state index contributed by atoms with van der Waals surface area (Å²) < 4.78 is 1.80. The first kappa shape index (κ1) is 13.6. The average molecular weight is 315 g/mol. The van der Waals surface area contributed by atoms with E-state index in [1.807, 2.05) is 24.6 Å². The fourth-order valence-electron chi connectivity index (χ4n) is 2.73. The van der Waals surface area contributed by atoms with Gasteiger partial charge in [0, 0.05) is 38.1 Å². The summed E-state index contributed by atoms with van der Waals surface area (Å²) in [5, 5.41) is 14.9. The first-order valence-electron chi connectivity index (χ1n) is 7.33. The Balaban J connectivity index is 1.44. The van der Waals surface area contributed by atoms with Crippen molar-refractivity contribution in [2.24, 2.45) is 0 Å². The zero-order chi connectivity index (χ0) is 14.9. The lowest BCUT2D eigenvalue weighted by Crippen LogP contribution is -2.46. The van der Waals surface area contributed by atoms with Crippen LogP contribution < -0.4 is 4.90 Å². The van der Waals surface area contributed by atoms with Crippen molar-refractivity contribution >= 4 is 22.8 Å². The van der Waals surface area contributed by atoms with Crippen LogP contribution in [0.1, 0.15) is 11.5 Å². The molecule has 7 nitrogen and oxygen atoms in total. The van der Waals surface area contributed by atoms with E-state index >= 15 is 0 Å². The second-order valence-electron chi connectivity index (χ2n) is 5.45. The van der Waals surface area contributed by atoms with Crippen LogP contribution in [0.25, 0.3) is 5.65 Å². The summed E-state index contributed by atoms with van der Waals surface area (Å²) in [6.07, 6.45) is 0. The second-order valence-corrected chi connectivity index (χ2v) is 6.17. The molecule has 0 spiro atoms. The van der Waals surface area contributed by atoms with Gasteiger partial charge in [-0.05, 0) is 19.1 Å². The van der Waals surface area contributed by atoms with Crippen molar-refractivity contribution in [1.29, 1.82) is 0 Å². The van der Waals surface area contributed by atoms with Crippen molar-refractivity contribution < 1.29 is 0 Å². The SMILES string of the molecule is Cc1nnc2ccc(N3CCN(Cc4cscn4)CC3)nn12. The van der Waals surface area contributed by atoms with Crippen LogP contribution in [-0.4, -0.2) is 55.9 Å². The summed E-state index contributed by atoms with van der Waals surface area (Å²) in [5.74, 6) is 1.81. The van der Waals surface area contributed by atoms with Crippen molar-refractivity contribution in [2.75, 3.05) is 31.1 Å². The molecule has 0 atom stereocenters. The second kappa shape index (κ2) is 5.62. The van der Waals surface area contributed by atoms with E-state index in [1.165, 1.54) is 0 Å². The maximum Gasteiger partial charge on any atom is 0.178 e. The van der Waals surface area contributed by atoms with Gasteiger partial charge in [-0.1, -0.05) is 0 Å². The average Bonchev–Trinajstić information content (AvgIpc) is 3.18. The summed E-state index contributed by atoms with van der Waals surface area (Å²) in [7, 11) is 0. The van der Waals surface area contributed by atoms with Crippen molar-refractivity contribution in [3.05, 3.63) is 34.5 Å². The molecule has 0 aliphatic carbocycles. The molecule has 1 aliphatic rings. The minimum atomic E-state index is 0.795. The van der Waals surface area contributed by atoms with Gasteiger partial charge >= 0.3 is 0 Å². The number of piperazine rings is 1. The third-order valence-corrected chi connectivity index (χ3v) is 4.61. The standard InChI is InChI=1S/C14H17N7S/c1-11-16-17-13-2-3-14(18-21(11)13)20-6-4-19(5-7-20)8-12-9-22-10-15-12/h2-3,9-10H,4-8H2,1H3. The fourth-order valence-corrected chi connectivity index (χ4v) is 3.28. The Morgan fingerprint density at radius 3 is 2.77 bits per heavy atom. The molecule has 0 saturated carbocycles. The number of anilines is 1. The Morgan fingerprint density at radius 2 is 2.00 bits per heavy atom. The van der Waals surface area contributed by atoms with Crippen LogP contribution in [0, 0.1) is 6.92 Å². The molecule has 1 saturated heterocycles. The molecule has 8 heteroatoms. The van der Waals surface area contributed by atoms with Gasteiger partial charge in [-0.15, -0.1) is 26.6 Å². The van der Waals surface area contributed by atoms with E-state index in [2.05, 4.69) is 35.5 Å². The first-order valence-corrected chi connectivity index (χ1v) is 8.27. The van der Waals surface area contributed by atoms with Crippen LogP contribution in [0.3, 0.4) is 0 Å². The Kier molecular flexibility index (Phi) is 3.47. The molecule has 0 aromatic carbocycles. The van der Waals surface area contributed by atoms with E-state index in [0.717, 1.165) is 55.7 Å². The zero-order valence-electron chi connectivity index (χ0n) is 12.4. The van der Waals surface area contributed by atoms with Crippen LogP contribution in [0.2, 0.25) is 0 Å². The van der Waals surface area contributed by atoms with E-state index in [-0.39, 0.29) is 0 Å². The predicted octanol–water partition coefficient (Wildman–Crippen LogP) is 1.21. The van der Waals surface area contributed by atoms with Crippen LogP contribution >= 0.6 is 11.3 Å². The third-order valence-electron chi connectivity index (χ3n) is 3.97. The van der Waals surface area contributed by atoms with Gasteiger partial charge in [-0.2, -0.15) is 4.52 Å². The summed E-state index contributed by atoms with van der Waals surface area (Å²) in [5.41, 5.74) is 3.85. The van der Waals surface area contributed by atoms with E-state index < -0.39 is 0 Å². The van der Waals surface area contributed by atoms with Gasteiger partial charge in [0.1, 0.15) is 5.82 Å². The molecule has 1 fully saturated rings. The van der Waals surface area contributed by atoms with Gasteiger partial charge in [-0.25, -0.2) is 4.98 Å². The highest BCUT2D eigenvalue weighted by molar-refractivity contribution is 7.07. The van der Waals surface area contributed by atoms with Crippen LogP contribution in [-0.2, 0) is 6.54 Å². The summed E-state index contributed by atoms with van der Waals surface area (Å²) in [4.78, 5) is 9.11. The fraction of sp³-hybridized carbons (Fsp3) is 0.429. The molecule has 114 valence electrons. The number of hydrogen-bond acceptors (Lipinski definition) is 7. The van der Waals surface area contributed by atoms with E-state index in [4.69, 9.17) is 0 Å². The minimum absolute atomic E-state index is 0.795. The van der Waals surface area contributed by atoms with E-state index in [0.29, 0.717) is 0 Å². The Hall–Kier alpha value is -2.06. The molecule has 0 unspecified atom stereocenters. The summed E-state index contributed by atoms with van der Waals surface area (Å²) in [6, 6.07) is 4.00. The smallest absolute Gasteiger partial charge is 0.178 e. The maximum atomic E-state index is 4.65. The minimum Gasteiger partial charge on any atom is -0.353 e. The van der Waals surface area contributed by atoms with Gasteiger partial charge in [-0.3, -0.25) is 4.90 Å². The normalized spacial score (nSPS) is 16.5. The van der Waals surface area contributed by atoms with Crippen LogP contribution in [0.4, 0.5) is 5.82 Å². The number of rotatable bonds is 3. The number of aromatic nitrogens is 5. The molecule has 3 aromatic rings. The molecule has 0 bridgehead atoms. The van der Waals surface area contributed by atoms with Gasteiger partial charge in [0.25, 0.3) is 0 Å². The molecular weight excluding hydrogens is 298 g/mol. The van der Waals surface area contributed by atoms with Crippen molar-refractivity contribution in [3.8, 4) is 0 Å². The summed E-state index contributed by atoms with van der Waals surface area (Å²) >= 11 is 1.66. The highest BCUT2D eigenvalue weighted by Gasteiger charge is 2.19. The third kappa shape index (κ3) is 2.55. The molecule has 1 aliphatic heterocycles. The Labute approximate surface area is 132 Å². The van der Waals surface area contributed by atoms with E-state index in [9.17, 15) is 0 Å². The maximum absolute atomic E-state index is 4.65. The number of hydrogen-bond donors (Lipinski definition) is 0. The molecule has 0 N–H and O–H groups in total. The van der Waals surface area contributed by atoms with Crippen molar-refractivity contribution in [2.45, 2.75) is 13.5 Å². The number of nitrogens with zero attached hydrogens (tertiary/aromatic N) is 7. The molecule has 0 radical (unpaired) electrons. The number of thiazole rings is 1. The highest BCUT2D eigenvalue weighted by Crippen LogP contribution is 2.16.